The lowest BCUT2D eigenvalue weighted by atomic mass is 10.0. The van der Waals surface area contributed by atoms with Crippen molar-refractivity contribution in [1.82, 2.24) is 0 Å². The predicted octanol–water partition coefficient (Wildman–Crippen LogP) is 5.13. The van der Waals surface area contributed by atoms with Gasteiger partial charge in [0.1, 0.15) is 29.2 Å². The maximum atomic E-state index is 13.5. The minimum Gasteiger partial charge on any atom is -0.457 e. The third-order valence-corrected chi connectivity index (χ3v) is 4.37. The molecule has 2 atom stereocenters. The van der Waals surface area contributed by atoms with Crippen LogP contribution in [0.4, 0.5) is 22.0 Å². The number of hydrogen-bond donors (Lipinski definition) is 1. The van der Waals surface area contributed by atoms with Crippen LogP contribution in [0.1, 0.15) is 23.7 Å². The molecule has 122 valence electrons. The number of alkyl halides is 3. The summed E-state index contributed by atoms with van der Waals surface area (Å²) in [4.78, 5) is 0.179. The van der Waals surface area contributed by atoms with Crippen LogP contribution in [-0.4, -0.2) is 10.6 Å². The van der Waals surface area contributed by atoms with Gasteiger partial charge in [0, 0.05) is 28.7 Å². The molecule has 2 nitrogen and oxygen atoms in total. The fourth-order valence-corrected chi connectivity index (χ4v) is 3.36. The van der Waals surface area contributed by atoms with E-state index in [1.54, 1.807) is 0 Å². The topological polar surface area (TPSA) is 29.5 Å². The van der Waals surface area contributed by atoms with Crippen molar-refractivity contribution >= 4 is 11.8 Å². The molecule has 0 aromatic heterocycles. The summed E-state index contributed by atoms with van der Waals surface area (Å²) in [5.74, 6) is -2.57. The molecule has 1 aliphatic rings. The number of thioether (sulfide) groups is 1. The van der Waals surface area contributed by atoms with Crippen LogP contribution in [0.15, 0.2) is 35.2 Å². The summed E-state index contributed by atoms with van der Waals surface area (Å²) in [7, 11) is 0. The lowest BCUT2D eigenvalue weighted by Crippen LogP contribution is -2.07. The van der Waals surface area contributed by atoms with Gasteiger partial charge < -0.3 is 9.84 Å². The highest BCUT2D eigenvalue weighted by Crippen LogP contribution is 2.51. The van der Waals surface area contributed by atoms with E-state index in [1.807, 2.05) is 0 Å². The minimum atomic E-state index is -3.06. The van der Waals surface area contributed by atoms with E-state index >= 15 is 0 Å². The Kier molecular flexibility index (Phi) is 4.20. The van der Waals surface area contributed by atoms with E-state index < -0.39 is 41.0 Å². The second kappa shape index (κ2) is 6.01. The van der Waals surface area contributed by atoms with E-state index in [1.165, 1.54) is 6.07 Å². The van der Waals surface area contributed by atoms with Crippen molar-refractivity contribution in [1.29, 1.82) is 0 Å². The van der Waals surface area contributed by atoms with E-state index in [0.717, 1.165) is 18.2 Å². The summed E-state index contributed by atoms with van der Waals surface area (Å²) in [5.41, 5.74) is -2.71. The summed E-state index contributed by atoms with van der Waals surface area (Å²) < 4.78 is 71.8. The molecule has 0 saturated carbocycles. The Morgan fingerprint density at radius 1 is 1.09 bits per heavy atom. The Labute approximate surface area is 131 Å². The number of rotatable bonds is 3. The fraction of sp³-hybridized carbons (Fsp3) is 0.200. The number of ether oxygens (including phenoxy) is 1. The highest BCUT2D eigenvalue weighted by atomic mass is 32.2. The molecule has 0 bridgehead atoms. The number of benzene rings is 2. The van der Waals surface area contributed by atoms with Gasteiger partial charge in [0.15, 0.2) is 5.50 Å². The van der Waals surface area contributed by atoms with Crippen molar-refractivity contribution in [2.24, 2.45) is 0 Å². The van der Waals surface area contributed by atoms with Crippen LogP contribution >= 0.6 is 11.8 Å². The predicted molar refractivity (Wildman–Crippen MR) is 73.5 cm³/mol. The van der Waals surface area contributed by atoms with Gasteiger partial charge in [-0.05, 0) is 12.1 Å². The maximum Gasteiger partial charge on any atom is 0.267 e. The number of aliphatic hydroxyl groups is 1. The SMILES string of the molecule is OC1c2c(ccc(Oc3cc(F)cc(F)c3)c2C(F)F)SC1F. The molecule has 0 radical (unpaired) electrons. The molecular formula is C15H9F5O2S. The normalized spacial score (nSPS) is 20.0. The minimum absolute atomic E-state index is 0.179. The molecule has 0 saturated heterocycles. The highest BCUT2D eigenvalue weighted by Gasteiger charge is 2.37. The van der Waals surface area contributed by atoms with Gasteiger partial charge in [-0.25, -0.2) is 22.0 Å². The molecule has 1 heterocycles. The van der Waals surface area contributed by atoms with Crippen LogP contribution in [0.5, 0.6) is 11.5 Å². The monoisotopic (exact) mass is 348 g/mol. The standard InChI is InChI=1S/C15H9F5O2S/c16-6-3-7(17)5-8(4-6)22-9-1-2-10-12(11(9)14(18)19)13(21)15(20)23-10/h1-5,13-15,21H. The van der Waals surface area contributed by atoms with Crippen molar-refractivity contribution in [3.63, 3.8) is 0 Å². The number of fused-ring (bicyclic) bond motifs is 1. The average Bonchev–Trinajstić information content (AvgIpc) is 2.73. The third-order valence-electron chi connectivity index (χ3n) is 3.27. The Morgan fingerprint density at radius 2 is 1.74 bits per heavy atom. The van der Waals surface area contributed by atoms with Crippen molar-refractivity contribution in [3.8, 4) is 11.5 Å². The quantitative estimate of drug-likeness (QED) is 0.780. The summed E-state index contributed by atoms with van der Waals surface area (Å²) in [5, 5.41) is 9.75. The van der Waals surface area contributed by atoms with E-state index in [-0.39, 0.29) is 16.2 Å². The Hall–Kier alpha value is -1.80. The Morgan fingerprint density at radius 3 is 2.35 bits per heavy atom. The molecule has 0 fully saturated rings. The van der Waals surface area contributed by atoms with Crippen LogP contribution in [-0.2, 0) is 0 Å². The largest absolute Gasteiger partial charge is 0.457 e. The summed E-state index contributed by atoms with van der Waals surface area (Å²) >= 11 is 0.625. The second-order valence-electron chi connectivity index (χ2n) is 4.81. The first-order chi connectivity index (χ1) is 10.9. The van der Waals surface area contributed by atoms with Crippen molar-refractivity contribution < 1.29 is 31.8 Å². The molecule has 8 heteroatoms. The van der Waals surface area contributed by atoms with E-state index in [2.05, 4.69) is 0 Å². The zero-order valence-corrected chi connectivity index (χ0v) is 12.1. The number of halogens is 5. The average molecular weight is 348 g/mol. The molecule has 2 aromatic rings. The van der Waals surface area contributed by atoms with Crippen LogP contribution in [0.25, 0.3) is 0 Å². The summed E-state index contributed by atoms with van der Waals surface area (Å²) in [6.45, 7) is 0. The molecule has 1 aliphatic heterocycles. The molecule has 3 rings (SSSR count). The first-order valence-corrected chi connectivity index (χ1v) is 7.32. The molecule has 0 spiro atoms. The lowest BCUT2D eigenvalue weighted by molar-refractivity contribution is 0.111. The Bertz CT molecular complexity index is 733. The van der Waals surface area contributed by atoms with Gasteiger partial charge in [0.2, 0.25) is 0 Å². The molecular weight excluding hydrogens is 339 g/mol. The van der Waals surface area contributed by atoms with Crippen LogP contribution in [0, 0.1) is 11.6 Å². The number of hydrogen-bond acceptors (Lipinski definition) is 3. The fourth-order valence-electron chi connectivity index (χ4n) is 2.35. The van der Waals surface area contributed by atoms with Crippen molar-refractivity contribution in [3.05, 3.63) is 53.1 Å². The van der Waals surface area contributed by atoms with Crippen molar-refractivity contribution in [2.45, 2.75) is 22.9 Å². The van der Waals surface area contributed by atoms with Gasteiger partial charge >= 0.3 is 0 Å². The van der Waals surface area contributed by atoms with E-state index in [9.17, 15) is 27.1 Å². The first kappa shape index (κ1) is 16.1. The Balaban J connectivity index is 2.06. The smallest absolute Gasteiger partial charge is 0.267 e. The van der Waals surface area contributed by atoms with Crippen LogP contribution in [0.2, 0.25) is 0 Å². The van der Waals surface area contributed by atoms with Gasteiger partial charge in [-0.2, -0.15) is 0 Å². The third kappa shape index (κ3) is 3.00. The first-order valence-electron chi connectivity index (χ1n) is 6.44. The van der Waals surface area contributed by atoms with Gasteiger partial charge in [-0.1, -0.05) is 11.8 Å². The maximum absolute atomic E-state index is 13.5. The summed E-state index contributed by atoms with van der Waals surface area (Å²) in [6, 6.07) is 4.74. The van der Waals surface area contributed by atoms with Gasteiger partial charge in [0.25, 0.3) is 6.43 Å². The highest BCUT2D eigenvalue weighted by molar-refractivity contribution is 8.00. The van der Waals surface area contributed by atoms with Gasteiger partial charge in [0.05, 0.1) is 5.56 Å². The molecule has 0 amide bonds. The molecule has 23 heavy (non-hydrogen) atoms. The molecule has 0 aliphatic carbocycles. The molecule has 2 unspecified atom stereocenters. The zero-order valence-electron chi connectivity index (χ0n) is 11.3. The van der Waals surface area contributed by atoms with Crippen LogP contribution in [0.3, 0.4) is 0 Å². The number of aliphatic hydroxyl groups excluding tert-OH is 1. The molecule has 2 aromatic carbocycles. The van der Waals surface area contributed by atoms with E-state index in [4.69, 9.17) is 4.74 Å². The van der Waals surface area contributed by atoms with Crippen LogP contribution < -0.4 is 4.74 Å². The zero-order chi connectivity index (χ0) is 16.7. The van der Waals surface area contributed by atoms with Gasteiger partial charge in [-0.3, -0.25) is 0 Å². The molecule has 1 N–H and O–H groups in total. The summed E-state index contributed by atoms with van der Waals surface area (Å²) in [6.07, 6.45) is -4.77. The van der Waals surface area contributed by atoms with Gasteiger partial charge in [-0.15, -0.1) is 0 Å². The van der Waals surface area contributed by atoms with E-state index in [0.29, 0.717) is 17.8 Å². The second-order valence-corrected chi connectivity index (χ2v) is 5.94. The lowest BCUT2D eigenvalue weighted by Gasteiger charge is -2.16. The van der Waals surface area contributed by atoms with Crippen molar-refractivity contribution in [2.75, 3.05) is 0 Å².